The molecule has 2 heterocycles. The number of benzene rings is 1. The Hall–Kier alpha value is -1.85. The first kappa shape index (κ1) is 17.0. The first-order valence-corrected chi connectivity index (χ1v) is 9.29. The molecule has 1 aliphatic rings. The van der Waals surface area contributed by atoms with Crippen LogP contribution in [0.5, 0.6) is 0 Å². The summed E-state index contributed by atoms with van der Waals surface area (Å²) in [5.41, 5.74) is 9.92. The smallest absolute Gasteiger partial charge is 0.341 e. The fourth-order valence-corrected chi connectivity index (χ4v) is 4.31. The summed E-state index contributed by atoms with van der Waals surface area (Å²) in [7, 11) is 0. The number of rotatable bonds is 5. The van der Waals surface area contributed by atoms with Crippen molar-refractivity contribution in [3.8, 4) is 11.1 Å². The molecule has 1 aliphatic heterocycles. The molecule has 2 aromatic rings. The minimum atomic E-state index is -0.325. The highest BCUT2D eigenvalue weighted by Gasteiger charge is 2.26. The maximum Gasteiger partial charge on any atom is 0.341 e. The average Bonchev–Trinajstić information content (AvgIpc) is 3.16. The van der Waals surface area contributed by atoms with Crippen LogP contribution in [-0.4, -0.2) is 30.6 Å². The van der Waals surface area contributed by atoms with Crippen molar-refractivity contribution < 1.29 is 9.53 Å². The normalized spacial score (nSPS) is 14.9. The van der Waals surface area contributed by atoms with Crippen molar-refractivity contribution in [1.82, 2.24) is 4.90 Å². The summed E-state index contributed by atoms with van der Waals surface area (Å²) in [4.78, 5) is 16.1. The zero-order valence-electron chi connectivity index (χ0n) is 14.3. The van der Waals surface area contributed by atoms with E-state index in [-0.39, 0.29) is 5.97 Å². The first-order chi connectivity index (χ1) is 11.6. The van der Waals surface area contributed by atoms with Gasteiger partial charge < -0.3 is 10.5 Å². The lowest BCUT2D eigenvalue weighted by molar-refractivity contribution is 0.0529. The lowest BCUT2D eigenvalue weighted by Gasteiger charge is -2.15. The van der Waals surface area contributed by atoms with Crippen LogP contribution in [0.1, 0.15) is 40.6 Å². The maximum atomic E-state index is 12.5. The summed E-state index contributed by atoms with van der Waals surface area (Å²) < 4.78 is 5.25. The quantitative estimate of drug-likeness (QED) is 0.831. The molecule has 1 aromatic carbocycles. The topological polar surface area (TPSA) is 55.6 Å². The highest BCUT2D eigenvalue weighted by molar-refractivity contribution is 7.17. The van der Waals surface area contributed by atoms with E-state index in [1.807, 2.05) is 6.92 Å². The van der Waals surface area contributed by atoms with Gasteiger partial charge in [0.1, 0.15) is 10.6 Å². The molecule has 24 heavy (non-hydrogen) atoms. The number of nitrogens with zero attached hydrogens (tertiary/aromatic N) is 1. The van der Waals surface area contributed by atoms with Crippen molar-refractivity contribution in [3.05, 3.63) is 40.3 Å². The van der Waals surface area contributed by atoms with Crippen molar-refractivity contribution in [2.75, 3.05) is 25.4 Å². The molecule has 1 saturated heterocycles. The molecule has 3 rings (SSSR count). The first-order valence-electron chi connectivity index (χ1n) is 8.47. The second kappa shape index (κ2) is 7.36. The summed E-state index contributed by atoms with van der Waals surface area (Å²) in [5.74, 6) is -0.325. The van der Waals surface area contributed by atoms with E-state index in [1.54, 1.807) is 0 Å². The van der Waals surface area contributed by atoms with Crippen molar-refractivity contribution >= 4 is 22.3 Å². The number of thiophene rings is 1. The van der Waals surface area contributed by atoms with Gasteiger partial charge in [-0.3, -0.25) is 4.90 Å². The van der Waals surface area contributed by atoms with Gasteiger partial charge in [-0.15, -0.1) is 11.3 Å². The van der Waals surface area contributed by atoms with Crippen LogP contribution in [0.3, 0.4) is 0 Å². The zero-order valence-corrected chi connectivity index (χ0v) is 15.1. The zero-order chi connectivity index (χ0) is 17.1. The lowest BCUT2D eigenvalue weighted by atomic mass is 10.00. The molecule has 0 spiro atoms. The highest BCUT2D eigenvalue weighted by Crippen LogP contribution is 2.40. The van der Waals surface area contributed by atoms with Gasteiger partial charge in [0.2, 0.25) is 0 Å². The Balaban J connectivity index is 2.05. The molecule has 0 unspecified atom stereocenters. The summed E-state index contributed by atoms with van der Waals surface area (Å²) >= 11 is 1.52. The van der Waals surface area contributed by atoms with Gasteiger partial charge in [-0.05, 0) is 45.3 Å². The number of nitrogens with two attached hydrogens (primary N) is 1. The third kappa shape index (κ3) is 3.47. The molecule has 0 amide bonds. The van der Waals surface area contributed by atoms with E-state index in [4.69, 9.17) is 10.5 Å². The van der Waals surface area contributed by atoms with Gasteiger partial charge in [0, 0.05) is 17.0 Å². The molecular weight excluding hydrogens is 320 g/mol. The standard InChI is InChI=1S/C19H24N2O2S/c1-3-23-19(22)17-16(14-8-6-13(2)7-9-14)15(24-18(17)20)12-21-10-4-5-11-21/h6-9H,3-5,10-12,20H2,1-2H3. The van der Waals surface area contributed by atoms with Gasteiger partial charge in [-0.25, -0.2) is 4.79 Å². The lowest BCUT2D eigenvalue weighted by Crippen LogP contribution is -2.18. The van der Waals surface area contributed by atoms with Crippen LogP contribution in [0.2, 0.25) is 0 Å². The molecule has 4 nitrogen and oxygen atoms in total. The van der Waals surface area contributed by atoms with Crippen molar-refractivity contribution in [2.24, 2.45) is 0 Å². The number of ether oxygens (including phenoxy) is 1. The van der Waals surface area contributed by atoms with Gasteiger partial charge >= 0.3 is 5.97 Å². The number of carbonyl (C=O) groups is 1. The molecule has 128 valence electrons. The minimum Gasteiger partial charge on any atom is -0.462 e. The Morgan fingerprint density at radius 1 is 1.25 bits per heavy atom. The molecule has 0 atom stereocenters. The molecule has 5 heteroatoms. The fraction of sp³-hybridized carbons (Fsp3) is 0.421. The number of aryl methyl sites for hydroxylation is 1. The van der Waals surface area contributed by atoms with E-state index in [2.05, 4.69) is 36.1 Å². The van der Waals surface area contributed by atoms with Crippen molar-refractivity contribution in [3.63, 3.8) is 0 Å². The van der Waals surface area contributed by atoms with Crippen LogP contribution in [0.25, 0.3) is 11.1 Å². The van der Waals surface area contributed by atoms with Crippen molar-refractivity contribution in [1.29, 1.82) is 0 Å². The van der Waals surface area contributed by atoms with Gasteiger partial charge in [0.05, 0.1) is 6.61 Å². The second-order valence-electron chi connectivity index (χ2n) is 6.21. The Bertz CT molecular complexity index is 716. The number of hydrogen-bond donors (Lipinski definition) is 1. The van der Waals surface area contributed by atoms with Crippen molar-refractivity contribution in [2.45, 2.75) is 33.2 Å². The SMILES string of the molecule is CCOC(=O)c1c(N)sc(CN2CCCC2)c1-c1ccc(C)cc1. The monoisotopic (exact) mass is 344 g/mol. The van der Waals surface area contributed by atoms with Crippen LogP contribution in [-0.2, 0) is 11.3 Å². The largest absolute Gasteiger partial charge is 0.462 e. The molecule has 1 fully saturated rings. The van der Waals surface area contributed by atoms with E-state index in [0.29, 0.717) is 17.2 Å². The number of nitrogen functional groups attached to an aromatic ring is 1. The van der Waals surface area contributed by atoms with E-state index in [0.717, 1.165) is 35.6 Å². The number of carbonyl (C=O) groups excluding carboxylic acids is 1. The van der Waals surface area contributed by atoms with Crippen LogP contribution in [0.4, 0.5) is 5.00 Å². The van der Waals surface area contributed by atoms with E-state index >= 15 is 0 Å². The summed E-state index contributed by atoms with van der Waals surface area (Å²) in [6.45, 7) is 7.29. The number of anilines is 1. The molecule has 0 bridgehead atoms. The Morgan fingerprint density at radius 2 is 1.92 bits per heavy atom. The predicted octanol–water partition coefficient (Wildman–Crippen LogP) is 4.08. The van der Waals surface area contributed by atoms with E-state index < -0.39 is 0 Å². The van der Waals surface area contributed by atoms with Gasteiger partial charge in [0.15, 0.2) is 0 Å². The number of hydrogen-bond acceptors (Lipinski definition) is 5. The second-order valence-corrected chi connectivity index (χ2v) is 7.35. The molecule has 2 N–H and O–H groups in total. The molecule has 0 saturated carbocycles. The van der Waals surface area contributed by atoms with Gasteiger partial charge in [-0.2, -0.15) is 0 Å². The Labute approximate surface area is 147 Å². The third-order valence-corrected chi connectivity index (χ3v) is 5.40. The predicted molar refractivity (Wildman–Crippen MR) is 99.4 cm³/mol. The maximum absolute atomic E-state index is 12.5. The fourth-order valence-electron chi connectivity index (χ4n) is 3.18. The van der Waals surface area contributed by atoms with E-state index in [9.17, 15) is 4.79 Å². The molecule has 0 aliphatic carbocycles. The van der Waals surface area contributed by atoms with Crippen LogP contribution >= 0.6 is 11.3 Å². The molecule has 1 aromatic heterocycles. The average molecular weight is 344 g/mol. The van der Waals surface area contributed by atoms with Crippen LogP contribution in [0, 0.1) is 6.92 Å². The third-order valence-electron chi connectivity index (χ3n) is 4.39. The molecule has 0 radical (unpaired) electrons. The minimum absolute atomic E-state index is 0.325. The molecular formula is C19H24N2O2S. The van der Waals surface area contributed by atoms with Crippen LogP contribution in [0.15, 0.2) is 24.3 Å². The summed E-state index contributed by atoms with van der Waals surface area (Å²) in [5, 5.41) is 0.554. The number of likely N-dealkylation sites (tertiary alicyclic amines) is 1. The Morgan fingerprint density at radius 3 is 2.54 bits per heavy atom. The Kier molecular flexibility index (Phi) is 5.21. The van der Waals surface area contributed by atoms with Gasteiger partial charge in [-0.1, -0.05) is 29.8 Å². The van der Waals surface area contributed by atoms with Crippen LogP contribution < -0.4 is 5.73 Å². The van der Waals surface area contributed by atoms with Gasteiger partial charge in [0.25, 0.3) is 0 Å². The summed E-state index contributed by atoms with van der Waals surface area (Å²) in [6.07, 6.45) is 2.48. The summed E-state index contributed by atoms with van der Waals surface area (Å²) in [6, 6.07) is 8.26. The highest BCUT2D eigenvalue weighted by atomic mass is 32.1. The van der Waals surface area contributed by atoms with E-state index in [1.165, 1.54) is 29.7 Å². The number of esters is 1.